The summed E-state index contributed by atoms with van der Waals surface area (Å²) in [5.74, 6) is 0.677. The molecule has 1 aliphatic rings. The minimum atomic E-state index is -0.171. The number of nitrogens with one attached hydrogen (secondary N) is 1. The zero-order valence-corrected chi connectivity index (χ0v) is 13.2. The Morgan fingerprint density at radius 1 is 1.32 bits per heavy atom. The highest BCUT2D eigenvalue weighted by molar-refractivity contribution is 6.30. The van der Waals surface area contributed by atoms with Gasteiger partial charge in [-0.2, -0.15) is 0 Å². The molecule has 0 unspecified atom stereocenters. The van der Waals surface area contributed by atoms with Crippen molar-refractivity contribution in [1.29, 1.82) is 0 Å². The van der Waals surface area contributed by atoms with Crippen LogP contribution < -0.4 is 10.1 Å². The van der Waals surface area contributed by atoms with Crippen molar-refractivity contribution in [1.82, 2.24) is 5.32 Å². The fourth-order valence-electron chi connectivity index (χ4n) is 2.67. The van der Waals surface area contributed by atoms with Crippen LogP contribution >= 0.6 is 11.6 Å². The molecule has 1 heterocycles. The summed E-state index contributed by atoms with van der Waals surface area (Å²) in [6, 6.07) is 13.6. The van der Waals surface area contributed by atoms with Crippen molar-refractivity contribution in [2.75, 3.05) is 6.61 Å². The molecule has 0 bridgehead atoms. The molecule has 0 spiro atoms. The number of halogens is 1. The van der Waals surface area contributed by atoms with Gasteiger partial charge in [0.1, 0.15) is 12.4 Å². The fraction of sp³-hybridized carbons (Fsp3) is 0.278. The van der Waals surface area contributed by atoms with Crippen LogP contribution in [-0.4, -0.2) is 12.5 Å². The Bertz CT molecular complexity index is 699. The van der Waals surface area contributed by atoms with E-state index in [0.29, 0.717) is 24.6 Å². The van der Waals surface area contributed by atoms with Crippen LogP contribution in [0.25, 0.3) is 0 Å². The zero-order chi connectivity index (χ0) is 15.5. The molecule has 3 nitrogen and oxygen atoms in total. The first-order valence-corrected chi connectivity index (χ1v) is 7.75. The van der Waals surface area contributed by atoms with Crippen LogP contribution in [0, 0.1) is 12.8 Å². The first-order chi connectivity index (χ1) is 10.6. The Morgan fingerprint density at radius 2 is 2.14 bits per heavy atom. The third-order valence-electron chi connectivity index (χ3n) is 4.01. The van der Waals surface area contributed by atoms with E-state index in [9.17, 15) is 4.79 Å². The molecule has 1 aliphatic heterocycles. The van der Waals surface area contributed by atoms with Gasteiger partial charge in [0.15, 0.2) is 0 Å². The van der Waals surface area contributed by atoms with Crippen LogP contribution in [0.2, 0.25) is 5.02 Å². The second-order valence-electron chi connectivity index (χ2n) is 5.61. The lowest BCUT2D eigenvalue weighted by Gasteiger charge is -2.24. The maximum atomic E-state index is 12.4. The van der Waals surface area contributed by atoms with Gasteiger partial charge in [0.05, 0.1) is 5.92 Å². The van der Waals surface area contributed by atoms with E-state index in [1.807, 2.05) is 43.3 Å². The number of rotatable bonds is 3. The van der Waals surface area contributed by atoms with E-state index in [-0.39, 0.29) is 11.8 Å². The molecular weight excluding hydrogens is 298 g/mol. The zero-order valence-electron chi connectivity index (χ0n) is 12.4. The van der Waals surface area contributed by atoms with Gasteiger partial charge >= 0.3 is 0 Å². The van der Waals surface area contributed by atoms with E-state index in [4.69, 9.17) is 16.3 Å². The van der Waals surface area contributed by atoms with Gasteiger partial charge in [0.25, 0.3) is 0 Å². The van der Waals surface area contributed by atoms with Crippen LogP contribution in [-0.2, 0) is 17.8 Å². The van der Waals surface area contributed by atoms with Gasteiger partial charge in [-0.05, 0) is 48.2 Å². The number of amides is 1. The van der Waals surface area contributed by atoms with Gasteiger partial charge in [-0.1, -0.05) is 35.9 Å². The van der Waals surface area contributed by atoms with Gasteiger partial charge in [0.2, 0.25) is 5.91 Å². The average Bonchev–Trinajstić information content (AvgIpc) is 2.53. The highest BCUT2D eigenvalue weighted by atomic mass is 35.5. The summed E-state index contributed by atoms with van der Waals surface area (Å²) >= 11 is 6.01. The maximum Gasteiger partial charge on any atom is 0.227 e. The first-order valence-electron chi connectivity index (χ1n) is 7.37. The van der Waals surface area contributed by atoms with E-state index in [1.165, 1.54) is 5.56 Å². The number of hydrogen-bond acceptors (Lipinski definition) is 2. The number of carbonyl (C=O) groups excluding carboxylic acids is 1. The van der Waals surface area contributed by atoms with Crippen molar-refractivity contribution in [3.63, 3.8) is 0 Å². The summed E-state index contributed by atoms with van der Waals surface area (Å²) in [5, 5.41) is 3.67. The predicted octanol–water partition coefficient (Wildman–Crippen LogP) is 3.52. The summed E-state index contributed by atoms with van der Waals surface area (Å²) < 4.78 is 5.67. The van der Waals surface area contributed by atoms with Gasteiger partial charge in [0, 0.05) is 11.6 Å². The monoisotopic (exact) mass is 315 g/mol. The molecular formula is C18H18ClNO2. The third-order valence-corrected chi connectivity index (χ3v) is 4.25. The van der Waals surface area contributed by atoms with Crippen molar-refractivity contribution >= 4 is 17.5 Å². The van der Waals surface area contributed by atoms with Crippen LogP contribution in [0.4, 0.5) is 0 Å². The van der Waals surface area contributed by atoms with Crippen LogP contribution in [0.3, 0.4) is 0 Å². The van der Waals surface area contributed by atoms with Gasteiger partial charge in [-0.25, -0.2) is 0 Å². The molecule has 114 valence electrons. The van der Waals surface area contributed by atoms with Crippen molar-refractivity contribution in [3.8, 4) is 5.75 Å². The van der Waals surface area contributed by atoms with Crippen molar-refractivity contribution in [2.45, 2.75) is 19.9 Å². The molecule has 0 aliphatic carbocycles. The highest BCUT2D eigenvalue weighted by Gasteiger charge is 2.26. The SMILES string of the molecule is Cc1ccccc1CNC(=O)[C@@H]1COc2ccc(Cl)cc2C1. The van der Waals surface area contributed by atoms with Crippen molar-refractivity contribution in [2.24, 2.45) is 5.92 Å². The molecule has 0 saturated carbocycles. The number of hydrogen-bond donors (Lipinski definition) is 1. The van der Waals surface area contributed by atoms with Crippen LogP contribution in [0.5, 0.6) is 5.75 Å². The number of fused-ring (bicyclic) bond motifs is 1. The molecule has 2 aromatic rings. The van der Waals surface area contributed by atoms with E-state index < -0.39 is 0 Å². The maximum absolute atomic E-state index is 12.4. The number of aryl methyl sites for hydroxylation is 1. The molecule has 0 fully saturated rings. The Balaban J connectivity index is 1.63. The Morgan fingerprint density at radius 3 is 2.95 bits per heavy atom. The highest BCUT2D eigenvalue weighted by Crippen LogP contribution is 2.29. The minimum absolute atomic E-state index is 0.0221. The summed E-state index contributed by atoms with van der Waals surface area (Å²) in [6.07, 6.45) is 0.662. The molecule has 3 rings (SSSR count). The van der Waals surface area contributed by atoms with E-state index in [0.717, 1.165) is 16.9 Å². The van der Waals surface area contributed by atoms with Crippen molar-refractivity contribution in [3.05, 3.63) is 64.2 Å². The molecule has 22 heavy (non-hydrogen) atoms. The van der Waals surface area contributed by atoms with Gasteiger partial charge < -0.3 is 10.1 Å². The second kappa shape index (κ2) is 6.41. The lowest BCUT2D eigenvalue weighted by atomic mass is 9.96. The summed E-state index contributed by atoms with van der Waals surface area (Å²) in [7, 11) is 0. The Hall–Kier alpha value is -2.00. The molecule has 1 atom stereocenters. The standard InChI is InChI=1S/C18H18ClNO2/c1-12-4-2-3-5-13(12)10-20-18(21)15-8-14-9-16(19)6-7-17(14)22-11-15/h2-7,9,15H,8,10-11H2,1H3,(H,20,21)/t15-/m0/s1. The summed E-state index contributed by atoms with van der Waals surface area (Å²) in [5.41, 5.74) is 3.31. The predicted molar refractivity (Wildman–Crippen MR) is 87.2 cm³/mol. The number of benzene rings is 2. The average molecular weight is 316 g/mol. The van der Waals surface area contributed by atoms with E-state index >= 15 is 0 Å². The van der Waals surface area contributed by atoms with Gasteiger partial charge in [-0.15, -0.1) is 0 Å². The minimum Gasteiger partial charge on any atom is -0.492 e. The molecule has 0 radical (unpaired) electrons. The normalized spacial score (nSPS) is 16.5. The lowest BCUT2D eigenvalue weighted by Crippen LogP contribution is -2.37. The summed E-state index contributed by atoms with van der Waals surface area (Å²) in [6.45, 7) is 3.00. The van der Waals surface area contributed by atoms with Gasteiger partial charge in [-0.3, -0.25) is 4.79 Å². The quantitative estimate of drug-likeness (QED) is 0.941. The van der Waals surface area contributed by atoms with Crippen LogP contribution in [0.15, 0.2) is 42.5 Å². The fourth-order valence-corrected chi connectivity index (χ4v) is 2.86. The molecule has 1 amide bonds. The van der Waals surface area contributed by atoms with Crippen molar-refractivity contribution < 1.29 is 9.53 Å². The third kappa shape index (κ3) is 3.25. The molecule has 1 N–H and O–H groups in total. The molecule has 0 aromatic heterocycles. The summed E-state index contributed by atoms with van der Waals surface area (Å²) in [4.78, 5) is 12.4. The lowest BCUT2D eigenvalue weighted by molar-refractivity contribution is -0.126. The smallest absolute Gasteiger partial charge is 0.227 e. The largest absolute Gasteiger partial charge is 0.492 e. The second-order valence-corrected chi connectivity index (χ2v) is 6.04. The molecule has 2 aromatic carbocycles. The number of ether oxygens (including phenoxy) is 1. The Kier molecular flexibility index (Phi) is 4.34. The van der Waals surface area contributed by atoms with E-state index in [2.05, 4.69) is 5.32 Å². The molecule has 4 heteroatoms. The van der Waals surface area contributed by atoms with E-state index in [1.54, 1.807) is 6.07 Å². The Labute approximate surface area is 135 Å². The topological polar surface area (TPSA) is 38.3 Å². The van der Waals surface area contributed by atoms with Crippen LogP contribution in [0.1, 0.15) is 16.7 Å². The molecule has 0 saturated heterocycles. The number of carbonyl (C=O) groups is 1. The first kappa shape index (κ1) is 14.9.